The molecule has 0 heterocycles. The summed E-state index contributed by atoms with van der Waals surface area (Å²) in [7, 11) is 1.73. The molecule has 0 bridgehead atoms. The molecule has 0 atom stereocenters. The molecule has 1 aliphatic rings. The molecule has 1 aromatic carbocycles. The highest BCUT2D eigenvalue weighted by Crippen LogP contribution is 2.19. The second kappa shape index (κ2) is 10.7. The average Bonchev–Trinajstić information content (AvgIpc) is 2.58. The number of aliphatic imine (C=N–C) groups is 1. The molecule has 0 amide bonds. The Bertz CT molecular complexity index is 529. The summed E-state index contributed by atoms with van der Waals surface area (Å²) in [5.41, 5.74) is 0.945. The van der Waals surface area contributed by atoms with Gasteiger partial charge in [0.2, 0.25) is 0 Å². The number of guanidine groups is 1. The molecule has 25 heavy (non-hydrogen) atoms. The van der Waals surface area contributed by atoms with Crippen molar-refractivity contribution in [1.82, 2.24) is 10.6 Å². The van der Waals surface area contributed by atoms with Crippen LogP contribution in [0.3, 0.4) is 0 Å². The molecule has 0 spiro atoms. The largest absolute Gasteiger partial charge is 0.484 e. The van der Waals surface area contributed by atoms with Gasteiger partial charge in [-0.1, -0.05) is 31.4 Å². The molecular formula is C17H25F3IN3O. The van der Waals surface area contributed by atoms with Gasteiger partial charge in [-0.2, -0.15) is 13.2 Å². The van der Waals surface area contributed by atoms with Crippen LogP contribution in [-0.4, -0.2) is 31.8 Å². The number of ether oxygens (including phenoxy) is 1. The first-order chi connectivity index (χ1) is 11.5. The number of nitrogens with one attached hydrogen (secondary N) is 2. The van der Waals surface area contributed by atoms with Crippen molar-refractivity contribution in [2.45, 2.75) is 50.9 Å². The Morgan fingerprint density at radius 2 is 1.80 bits per heavy atom. The van der Waals surface area contributed by atoms with Crippen LogP contribution in [0.1, 0.15) is 37.7 Å². The lowest BCUT2D eigenvalue weighted by molar-refractivity contribution is -0.153. The topological polar surface area (TPSA) is 45.7 Å². The number of alkyl halides is 3. The first-order valence-electron chi connectivity index (χ1n) is 8.22. The quantitative estimate of drug-likeness (QED) is 0.384. The van der Waals surface area contributed by atoms with Gasteiger partial charge in [-0.05, 0) is 30.5 Å². The molecule has 1 aliphatic carbocycles. The fraction of sp³-hybridized carbons (Fsp3) is 0.588. The van der Waals surface area contributed by atoms with Gasteiger partial charge in [0, 0.05) is 19.6 Å². The van der Waals surface area contributed by atoms with E-state index >= 15 is 0 Å². The number of nitrogens with zero attached hydrogens (tertiary/aromatic N) is 1. The van der Waals surface area contributed by atoms with Crippen LogP contribution in [0.2, 0.25) is 0 Å². The summed E-state index contributed by atoms with van der Waals surface area (Å²) in [5, 5.41) is 6.64. The highest BCUT2D eigenvalue weighted by molar-refractivity contribution is 14.0. The van der Waals surface area contributed by atoms with E-state index in [-0.39, 0.29) is 29.7 Å². The first-order valence-corrected chi connectivity index (χ1v) is 8.22. The van der Waals surface area contributed by atoms with Gasteiger partial charge in [0.1, 0.15) is 5.75 Å². The normalized spacial score (nSPS) is 16.1. The van der Waals surface area contributed by atoms with E-state index in [0.717, 1.165) is 24.4 Å². The van der Waals surface area contributed by atoms with Gasteiger partial charge < -0.3 is 15.4 Å². The van der Waals surface area contributed by atoms with E-state index < -0.39 is 12.8 Å². The fourth-order valence-electron chi connectivity index (χ4n) is 2.69. The predicted molar refractivity (Wildman–Crippen MR) is 104 cm³/mol. The third kappa shape index (κ3) is 8.64. The lowest BCUT2D eigenvalue weighted by Crippen LogP contribution is -2.43. The summed E-state index contributed by atoms with van der Waals surface area (Å²) in [5.74, 6) is 0.958. The third-order valence-electron chi connectivity index (χ3n) is 3.96. The Kier molecular flexibility index (Phi) is 9.37. The summed E-state index contributed by atoms with van der Waals surface area (Å²) in [4.78, 5) is 4.22. The molecule has 1 saturated carbocycles. The molecular weight excluding hydrogens is 446 g/mol. The van der Waals surface area contributed by atoms with Crippen molar-refractivity contribution in [3.8, 4) is 5.75 Å². The number of hydrogen-bond donors (Lipinski definition) is 2. The van der Waals surface area contributed by atoms with Gasteiger partial charge in [0.25, 0.3) is 0 Å². The van der Waals surface area contributed by atoms with Gasteiger partial charge in [-0.15, -0.1) is 24.0 Å². The molecule has 2 rings (SSSR count). The summed E-state index contributed by atoms with van der Waals surface area (Å²) in [6.45, 7) is -0.728. The Balaban J connectivity index is 0.00000312. The summed E-state index contributed by atoms with van der Waals surface area (Å²) in [6, 6.07) is 7.03. The van der Waals surface area contributed by atoms with E-state index in [2.05, 4.69) is 15.6 Å². The zero-order valence-corrected chi connectivity index (χ0v) is 16.6. The van der Waals surface area contributed by atoms with E-state index in [4.69, 9.17) is 4.74 Å². The Hall–Kier alpha value is -1.19. The van der Waals surface area contributed by atoms with E-state index in [1.807, 2.05) is 0 Å². The zero-order chi connectivity index (χ0) is 17.4. The van der Waals surface area contributed by atoms with Crippen molar-refractivity contribution in [3.63, 3.8) is 0 Å². The summed E-state index contributed by atoms with van der Waals surface area (Å²) >= 11 is 0. The van der Waals surface area contributed by atoms with Crippen molar-refractivity contribution in [2.75, 3.05) is 13.7 Å². The van der Waals surface area contributed by atoms with Crippen LogP contribution in [0.25, 0.3) is 0 Å². The van der Waals surface area contributed by atoms with Crippen LogP contribution in [-0.2, 0) is 6.54 Å². The smallest absolute Gasteiger partial charge is 0.422 e. The molecule has 1 aromatic rings. The zero-order valence-electron chi connectivity index (χ0n) is 14.2. The Morgan fingerprint density at radius 1 is 1.16 bits per heavy atom. The minimum atomic E-state index is -4.32. The minimum Gasteiger partial charge on any atom is -0.484 e. The van der Waals surface area contributed by atoms with Crippen LogP contribution in [0.5, 0.6) is 5.75 Å². The predicted octanol–water partition coefficient (Wildman–Crippen LogP) is 4.24. The third-order valence-corrected chi connectivity index (χ3v) is 3.96. The van der Waals surface area contributed by atoms with E-state index in [0.29, 0.717) is 12.6 Å². The summed E-state index contributed by atoms with van der Waals surface area (Å²) in [6.07, 6.45) is 1.78. The number of benzene rings is 1. The van der Waals surface area contributed by atoms with Crippen molar-refractivity contribution in [3.05, 3.63) is 29.8 Å². The molecule has 142 valence electrons. The first kappa shape index (κ1) is 21.9. The van der Waals surface area contributed by atoms with Gasteiger partial charge in [-0.25, -0.2) is 0 Å². The second-order valence-corrected chi connectivity index (χ2v) is 5.95. The monoisotopic (exact) mass is 471 g/mol. The van der Waals surface area contributed by atoms with Crippen LogP contribution < -0.4 is 15.4 Å². The van der Waals surface area contributed by atoms with E-state index in [9.17, 15) is 13.2 Å². The van der Waals surface area contributed by atoms with Gasteiger partial charge in [0.05, 0.1) is 0 Å². The molecule has 1 fully saturated rings. The Labute approximate surface area is 163 Å². The maximum atomic E-state index is 12.1. The van der Waals surface area contributed by atoms with Crippen molar-refractivity contribution in [1.29, 1.82) is 0 Å². The molecule has 0 radical (unpaired) electrons. The highest BCUT2D eigenvalue weighted by atomic mass is 127. The van der Waals surface area contributed by atoms with E-state index in [1.165, 1.54) is 19.3 Å². The fourth-order valence-corrected chi connectivity index (χ4v) is 2.69. The molecule has 0 unspecified atom stereocenters. The minimum absolute atomic E-state index is 0. The van der Waals surface area contributed by atoms with E-state index in [1.54, 1.807) is 31.3 Å². The van der Waals surface area contributed by atoms with Crippen molar-refractivity contribution >= 4 is 29.9 Å². The maximum Gasteiger partial charge on any atom is 0.422 e. The molecule has 8 heteroatoms. The number of halogens is 4. The van der Waals surface area contributed by atoms with Crippen molar-refractivity contribution < 1.29 is 17.9 Å². The van der Waals surface area contributed by atoms with Gasteiger partial charge in [-0.3, -0.25) is 4.99 Å². The van der Waals surface area contributed by atoms with Crippen LogP contribution in [0.15, 0.2) is 29.3 Å². The SMILES string of the molecule is CN=C(NCc1ccc(OCC(F)(F)F)cc1)NC1CCCCC1.I. The van der Waals surface area contributed by atoms with Crippen LogP contribution in [0, 0.1) is 0 Å². The molecule has 0 aromatic heterocycles. The second-order valence-electron chi connectivity index (χ2n) is 5.95. The standard InChI is InChI=1S/C17H24F3N3O.HI/c1-21-16(23-14-5-3-2-4-6-14)22-11-13-7-9-15(10-8-13)24-12-17(18,19)20;/h7-10,14H,2-6,11-12H2,1H3,(H2,21,22,23);1H. The highest BCUT2D eigenvalue weighted by Gasteiger charge is 2.28. The van der Waals surface area contributed by atoms with Gasteiger partial charge >= 0.3 is 6.18 Å². The van der Waals surface area contributed by atoms with Crippen LogP contribution >= 0.6 is 24.0 Å². The van der Waals surface area contributed by atoms with Crippen molar-refractivity contribution in [2.24, 2.45) is 4.99 Å². The average molecular weight is 471 g/mol. The van der Waals surface area contributed by atoms with Crippen LogP contribution in [0.4, 0.5) is 13.2 Å². The number of rotatable bonds is 5. The Morgan fingerprint density at radius 3 is 2.36 bits per heavy atom. The lowest BCUT2D eigenvalue weighted by Gasteiger charge is -2.24. The maximum absolute atomic E-state index is 12.1. The molecule has 2 N–H and O–H groups in total. The van der Waals surface area contributed by atoms with Gasteiger partial charge in [0.15, 0.2) is 12.6 Å². The molecule has 0 aliphatic heterocycles. The molecule has 4 nitrogen and oxygen atoms in total. The summed E-state index contributed by atoms with van der Waals surface area (Å²) < 4.78 is 41.0. The number of hydrogen-bond acceptors (Lipinski definition) is 2. The lowest BCUT2D eigenvalue weighted by atomic mass is 9.96. The molecule has 0 saturated heterocycles.